The van der Waals surface area contributed by atoms with Gasteiger partial charge in [0, 0.05) is 29.8 Å². The van der Waals surface area contributed by atoms with Gasteiger partial charge in [-0.15, -0.1) is 0 Å². The summed E-state index contributed by atoms with van der Waals surface area (Å²) in [6.45, 7) is 0.0378. The molecule has 7 nitrogen and oxygen atoms in total. The van der Waals surface area contributed by atoms with Gasteiger partial charge < -0.3 is 21.7 Å². The molecule has 1 aliphatic rings. The maximum Gasteiger partial charge on any atom is 0.319 e. The van der Waals surface area contributed by atoms with E-state index in [2.05, 4.69) is 20.9 Å². The quantitative estimate of drug-likeness (QED) is 0.389. The van der Waals surface area contributed by atoms with Gasteiger partial charge in [0.15, 0.2) is 5.82 Å². The molecule has 5 N–H and O–H groups in total. The number of carbonyl (C=O) groups is 2. The molecule has 0 bridgehead atoms. The number of rotatable bonds is 7. The number of aromatic nitrogens is 1. The molecule has 4 amide bonds. The Labute approximate surface area is 202 Å². The minimum Gasteiger partial charge on any atom is -0.352 e. The zero-order valence-electron chi connectivity index (χ0n) is 19.1. The Bertz CT molecular complexity index is 1230. The van der Waals surface area contributed by atoms with E-state index in [1.165, 1.54) is 12.1 Å². The second-order valence-corrected chi connectivity index (χ2v) is 8.52. The summed E-state index contributed by atoms with van der Waals surface area (Å²) in [5.74, 6) is -1.12. The molecule has 0 spiro atoms. The van der Waals surface area contributed by atoms with Gasteiger partial charge >= 0.3 is 12.1 Å². The van der Waals surface area contributed by atoms with Crippen molar-refractivity contribution in [1.29, 1.82) is 0 Å². The molecular formula is C26H27F2N5O2. The molecule has 2 aromatic carbocycles. The third-order valence-corrected chi connectivity index (χ3v) is 6.12. The number of amides is 4. The Hall–Kier alpha value is -4.01. The number of benzene rings is 2. The van der Waals surface area contributed by atoms with Crippen LogP contribution in [0.15, 0.2) is 54.7 Å². The van der Waals surface area contributed by atoms with Crippen molar-refractivity contribution in [1.82, 2.24) is 15.6 Å². The highest BCUT2D eigenvalue weighted by atomic mass is 19.1. The van der Waals surface area contributed by atoms with Crippen molar-refractivity contribution < 1.29 is 18.4 Å². The van der Waals surface area contributed by atoms with Gasteiger partial charge in [-0.25, -0.2) is 18.4 Å². The van der Waals surface area contributed by atoms with E-state index < -0.39 is 23.7 Å². The SMILES string of the molecule is NC(=O)NCc1ncccc1-c1ccc(NC(=O)NC2CCCC2)c(F)c1Cc1ccccc1F. The van der Waals surface area contributed by atoms with Crippen LogP contribution in [0.1, 0.15) is 42.5 Å². The highest BCUT2D eigenvalue weighted by molar-refractivity contribution is 5.90. The molecule has 9 heteroatoms. The lowest BCUT2D eigenvalue weighted by atomic mass is 9.92. The number of nitrogens with two attached hydrogens (primary N) is 1. The lowest BCUT2D eigenvalue weighted by Gasteiger charge is -2.18. The number of pyridine rings is 1. The van der Waals surface area contributed by atoms with E-state index in [1.807, 2.05) is 0 Å². The van der Waals surface area contributed by atoms with Gasteiger partial charge in [0.1, 0.15) is 5.82 Å². The van der Waals surface area contributed by atoms with Crippen LogP contribution in [0.3, 0.4) is 0 Å². The summed E-state index contributed by atoms with van der Waals surface area (Å²) in [4.78, 5) is 28.0. The number of hydrogen-bond donors (Lipinski definition) is 4. The first-order valence-corrected chi connectivity index (χ1v) is 11.5. The van der Waals surface area contributed by atoms with Crippen LogP contribution >= 0.6 is 0 Å². The fraction of sp³-hybridized carbons (Fsp3) is 0.269. The Kier molecular flexibility index (Phi) is 7.54. The van der Waals surface area contributed by atoms with Gasteiger partial charge in [0.2, 0.25) is 0 Å². The largest absolute Gasteiger partial charge is 0.352 e. The Morgan fingerprint density at radius 1 is 1.00 bits per heavy atom. The van der Waals surface area contributed by atoms with Gasteiger partial charge in [-0.05, 0) is 42.2 Å². The molecule has 1 fully saturated rings. The van der Waals surface area contributed by atoms with Crippen molar-refractivity contribution in [3.05, 3.63) is 83.2 Å². The summed E-state index contributed by atoms with van der Waals surface area (Å²) in [5, 5.41) is 7.97. The molecule has 35 heavy (non-hydrogen) atoms. The monoisotopic (exact) mass is 479 g/mol. The standard InChI is InChI=1S/C26H27F2N5O2/c27-21-10-4-1-6-16(21)14-20-18(19-9-5-13-30-23(19)15-31-25(29)34)11-12-22(24(20)28)33-26(35)32-17-7-2-3-8-17/h1,4-6,9-13,17H,2-3,7-8,14-15H2,(H3,29,31,34)(H2,32,33,35). The van der Waals surface area contributed by atoms with Crippen LogP contribution in [0.4, 0.5) is 24.1 Å². The summed E-state index contributed by atoms with van der Waals surface area (Å²) >= 11 is 0. The van der Waals surface area contributed by atoms with Crippen molar-refractivity contribution in [2.45, 2.75) is 44.7 Å². The van der Waals surface area contributed by atoms with Crippen LogP contribution in [0.2, 0.25) is 0 Å². The predicted octanol–water partition coefficient (Wildman–Crippen LogP) is 4.85. The van der Waals surface area contributed by atoms with E-state index in [1.54, 1.807) is 42.6 Å². The Morgan fingerprint density at radius 2 is 1.77 bits per heavy atom. The Morgan fingerprint density at radius 3 is 2.51 bits per heavy atom. The minimum atomic E-state index is -0.716. The van der Waals surface area contributed by atoms with Crippen molar-refractivity contribution in [3.63, 3.8) is 0 Å². The number of halogens is 2. The summed E-state index contributed by atoms with van der Waals surface area (Å²) in [7, 11) is 0. The van der Waals surface area contributed by atoms with Gasteiger partial charge in [-0.3, -0.25) is 4.98 Å². The van der Waals surface area contributed by atoms with E-state index in [0.717, 1.165) is 25.7 Å². The molecule has 1 aromatic heterocycles. The second-order valence-electron chi connectivity index (χ2n) is 8.52. The van der Waals surface area contributed by atoms with Crippen LogP contribution in [-0.2, 0) is 13.0 Å². The molecule has 0 radical (unpaired) electrons. The van der Waals surface area contributed by atoms with E-state index in [4.69, 9.17) is 5.73 Å². The number of primary amides is 1. The van der Waals surface area contributed by atoms with Crippen molar-refractivity contribution in [3.8, 4) is 11.1 Å². The van der Waals surface area contributed by atoms with Gasteiger partial charge in [0.25, 0.3) is 0 Å². The molecule has 0 aliphatic heterocycles. The lowest BCUT2D eigenvalue weighted by Crippen LogP contribution is -2.36. The molecule has 3 aromatic rings. The first kappa shape index (κ1) is 24.1. The molecule has 0 saturated heterocycles. The summed E-state index contributed by atoms with van der Waals surface area (Å²) in [6.07, 6.45) is 5.41. The first-order chi connectivity index (χ1) is 16.9. The Balaban J connectivity index is 1.72. The van der Waals surface area contributed by atoms with E-state index in [9.17, 15) is 14.0 Å². The van der Waals surface area contributed by atoms with Gasteiger partial charge in [-0.2, -0.15) is 0 Å². The molecule has 182 valence electrons. The second kappa shape index (κ2) is 10.9. The third-order valence-electron chi connectivity index (χ3n) is 6.12. The summed E-state index contributed by atoms with van der Waals surface area (Å²) in [6, 6.07) is 11.6. The normalized spacial score (nSPS) is 13.4. The van der Waals surface area contributed by atoms with Gasteiger partial charge in [0.05, 0.1) is 17.9 Å². The number of hydrogen-bond acceptors (Lipinski definition) is 3. The van der Waals surface area contributed by atoms with Crippen LogP contribution in [0, 0.1) is 11.6 Å². The minimum absolute atomic E-state index is 0.00344. The molecule has 1 aliphatic carbocycles. The van der Waals surface area contributed by atoms with Crippen molar-refractivity contribution in [2.75, 3.05) is 5.32 Å². The molecule has 0 unspecified atom stereocenters. The van der Waals surface area contributed by atoms with E-state index >= 15 is 4.39 Å². The zero-order chi connectivity index (χ0) is 24.8. The smallest absolute Gasteiger partial charge is 0.319 e. The molecule has 1 saturated carbocycles. The fourth-order valence-corrected chi connectivity index (χ4v) is 4.38. The average molecular weight is 480 g/mol. The number of carbonyl (C=O) groups excluding carboxylic acids is 2. The van der Waals surface area contributed by atoms with E-state index in [0.29, 0.717) is 22.4 Å². The summed E-state index contributed by atoms with van der Waals surface area (Å²) in [5.41, 5.74) is 7.21. The topological polar surface area (TPSA) is 109 Å². The van der Waals surface area contributed by atoms with Crippen molar-refractivity contribution in [2.24, 2.45) is 5.73 Å². The van der Waals surface area contributed by atoms with Gasteiger partial charge in [-0.1, -0.05) is 43.2 Å². The number of nitrogens with zero attached hydrogens (tertiary/aromatic N) is 1. The number of urea groups is 2. The van der Waals surface area contributed by atoms with Crippen LogP contribution in [0.5, 0.6) is 0 Å². The molecular weight excluding hydrogens is 452 g/mol. The lowest BCUT2D eigenvalue weighted by molar-refractivity contribution is 0.247. The van der Waals surface area contributed by atoms with Crippen molar-refractivity contribution >= 4 is 17.7 Å². The van der Waals surface area contributed by atoms with Crippen LogP contribution < -0.4 is 21.7 Å². The predicted molar refractivity (Wildman–Crippen MR) is 130 cm³/mol. The summed E-state index contributed by atoms with van der Waals surface area (Å²) < 4.78 is 30.4. The van der Waals surface area contributed by atoms with Crippen LogP contribution in [0.25, 0.3) is 11.1 Å². The highest BCUT2D eigenvalue weighted by Crippen LogP contribution is 2.33. The number of nitrogens with one attached hydrogen (secondary N) is 3. The fourth-order valence-electron chi connectivity index (χ4n) is 4.38. The molecule has 0 atom stereocenters. The number of anilines is 1. The zero-order valence-corrected chi connectivity index (χ0v) is 19.1. The third kappa shape index (κ3) is 5.92. The first-order valence-electron chi connectivity index (χ1n) is 11.5. The van der Waals surface area contributed by atoms with E-state index in [-0.39, 0.29) is 30.3 Å². The molecule has 4 rings (SSSR count). The molecule has 1 heterocycles. The maximum absolute atomic E-state index is 15.9. The highest BCUT2D eigenvalue weighted by Gasteiger charge is 2.22. The van der Waals surface area contributed by atoms with Crippen LogP contribution in [-0.4, -0.2) is 23.1 Å². The maximum atomic E-state index is 15.9. The average Bonchev–Trinajstić information content (AvgIpc) is 3.35.